The van der Waals surface area contributed by atoms with Gasteiger partial charge in [-0.2, -0.15) is 0 Å². The molecule has 62 valence electrons. The molecule has 2 nitrogen and oxygen atoms in total. The van der Waals surface area contributed by atoms with Gasteiger partial charge in [0, 0.05) is 24.7 Å². The van der Waals surface area contributed by atoms with Gasteiger partial charge in [0.1, 0.15) is 5.75 Å². The van der Waals surface area contributed by atoms with Gasteiger partial charge in [0.05, 0.1) is 5.52 Å². The molecule has 0 bridgehead atoms. The first-order valence-electron chi connectivity index (χ1n) is 3.62. The Morgan fingerprint density at radius 2 is 2.17 bits per heavy atom. The van der Waals surface area contributed by atoms with Crippen LogP contribution in [-0.4, -0.2) is 9.67 Å². The average Bonchev–Trinajstić information content (AvgIpc) is 2.31. The second-order valence-corrected chi connectivity index (χ2v) is 2.79. The number of halogens is 1. The van der Waals surface area contributed by atoms with Gasteiger partial charge in [0.25, 0.3) is 0 Å². The monoisotopic (exact) mass is 165 g/mol. The number of aromatic hydroxyl groups is 1. The van der Waals surface area contributed by atoms with E-state index >= 15 is 0 Å². The van der Waals surface area contributed by atoms with E-state index in [2.05, 4.69) is 0 Å². The minimum absolute atomic E-state index is 0.0359. The summed E-state index contributed by atoms with van der Waals surface area (Å²) in [6, 6.07) is 4.42. The molecule has 2 aromatic rings. The molecule has 2 rings (SSSR count). The van der Waals surface area contributed by atoms with Gasteiger partial charge in [0.15, 0.2) is 5.82 Å². The van der Waals surface area contributed by atoms with Gasteiger partial charge in [-0.05, 0) is 12.1 Å². The molecule has 0 unspecified atom stereocenters. The molecule has 0 fully saturated rings. The Bertz CT molecular complexity index is 433. The number of nitrogens with zero attached hydrogens (tertiary/aromatic N) is 1. The molecular formula is C9H8FNO. The molecule has 1 aromatic carbocycles. The molecule has 12 heavy (non-hydrogen) atoms. The van der Waals surface area contributed by atoms with Crippen molar-refractivity contribution in [1.29, 1.82) is 0 Å². The number of hydrogen-bond acceptors (Lipinski definition) is 1. The summed E-state index contributed by atoms with van der Waals surface area (Å²) in [6.45, 7) is 0. The van der Waals surface area contributed by atoms with Crippen LogP contribution in [0.5, 0.6) is 5.75 Å². The third-order valence-corrected chi connectivity index (χ3v) is 1.91. The molecule has 0 saturated heterocycles. The summed E-state index contributed by atoms with van der Waals surface area (Å²) < 4.78 is 14.8. The summed E-state index contributed by atoms with van der Waals surface area (Å²) in [6.07, 6.45) is 1.76. The zero-order valence-electron chi connectivity index (χ0n) is 6.58. The molecule has 0 saturated carbocycles. The third kappa shape index (κ3) is 0.863. The fourth-order valence-corrected chi connectivity index (χ4v) is 1.37. The standard InChI is InChI=1S/C9H8FNO/c1-11-3-2-6-4-7(12)5-8(10)9(6)11/h2-5,12H,1H3. The van der Waals surface area contributed by atoms with E-state index in [9.17, 15) is 4.39 Å². The SMILES string of the molecule is Cn1ccc2cc(O)cc(F)c21. The zero-order chi connectivity index (χ0) is 8.72. The third-order valence-electron chi connectivity index (χ3n) is 1.91. The highest BCUT2D eigenvalue weighted by Crippen LogP contribution is 2.23. The van der Waals surface area contributed by atoms with Crippen molar-refractivity contribution < 1.29 is 9.50 Å². The predicted octanol–water partition coefficient (Wildman–Crippen LogP) is 2.02. The Morgan fingerprint density at radius 3 is 2.92 bits per heavy atom. The number of fused-ring (bicyclic) bond motifs is 1. The lowest BCUT2D eigenvalue weighted by Crippen LogP contribution is -1.87. The van der Waals surface area contributed by atoms with E-state index in [0.717, 1.165) is 11.5 Å². The Labute approximate surface area is 68.9 Å². The van der Waals surface area contributed by atoms with Gasteiger partial charge in [0.2, 0.25) is 0 Å². The Kier molecular flexibility index (Phi) is 1.33. The number of benzene rings is 1. The van der Waals surface area contributed by atoms with Crippen LogP contribution in [0.3, 0.4) is 0 Å². The number of aromatic nitrogens is 1. The summed E-state index contributed by atoms with van der Waals surface area (Å²) in [5, 5.41) is 9.79. The quantitative estimate of drug-likeness (QED) is 0.634. The maximum Gasteiger partial charge on any atom is 0.151 e. The minimum Gasteiger partial charge on any atom is -0.508 e. The minimum atomic E-state index is -0.391. The van der Waals surface area contributed by atoms with E-state index in [1.54, 1.807) is 29.9 Å². The van der Waals surface area contributed by atoms with Crippen molar-refractivity contribution in [2.75, 3.05) is 0 Å². The van der Waals surface area contributed by atoms with Gasteiger partial charge >= 0.3 is 0 Å². The van der Waals surface area contributed by atoms with Crippen molar-refractivity contribution in [3.63, 3.8) is 0 Å². The smallest absolute Gasteiger partial charge is 0.151 e. The van der Waals surface area contributed by atoms with Crippen LogP contribution in [0.2, 0.25) is 0 Å². The van der Waals surface area contributed by atoms with Gasteiger partial charge < -0.3 is 9.67 Å². The fraction of sp³-hybridized carbons (Fsp3) is 0.111. The van der Waals surface area contributed by atoms with Crippen molar-refractivity contribution in [2.45, 2.75) is 0 Å². The highest BCUT2D eigenvalue weighted by molar-refractivity contribution is 5.82. The number of phenolic OH excluding ortho intramolecular Hbond substituents is 1. The topological polar surface area (TPSA) is 25.2 Å². The number of hydrogen-bond donors (Lipinski definition) is 1. The first-order chi connectivity index (χ1) is 5.68. The van der Waals surface area contributed by atoms with Crippen LogP contribution in [-0.2, 0) is 7.05 Å². The van der Waals surface area contributed by atoms with Crippen LogP contribution < -0.4 is 0 Å². The van der Waals surface area contributed by atoms with Crippen LogP contribution in [0.4, 0.5) is 4.39 Å². The van der Waals surface area contributed by atoms with Crippen LogP contribution >= 0.6 is 0 Å². The van der Waals surface area contributed by atoms with Crippen LogP contribution in [0.1, 0.15) is 0 Å². The maximum atomic E-state index is 13.2. The summed E-state index contributed by atoms with van der Waals surface area (Å²) in [5.74, 6) is -0.427. The van der Waals surface area contributed by atoms with E-state index in [1.807, 2.05) is 0 Å². The molecule has 0 spiro atoms. The van der Waals surface area contributed by atoms with E-state index in [-0.39, 0.29) is 5.75 Å². The van der Waals surface area contributed by atoms with Crippen molar-refractivity contribution in [2.24, 2.45) is 7.05 Å². The van der Waals surface area contributed by atoms with Crippen molar-refractivity contribution >= 4 is 10.9 Å². The maximum absolute atomic E-state index is 13.2. The normalized spacial score (nSPS) is 10.8. The molecule has 0 aliphatic rings. The van der Waals surface area contributed by atoms with E-state index in [0.29, 0.717) is 5.52 Å². The second-order valence-electron chi connectivity index (χ2n) is 2.79. The van der Waals surface area contributed by atoms with E-state index < -0.39 is 5.82 Å². The highest BCUT2D eigenvalue weighted by Gasteiger charge is 2.05. The van der Waals surface area contributed by atoms with Crippen LogP contribution in [0.25, 0.3) is 10.9 Å². The summed E-state index contributed by atoms with van der Waals surface area (Å²) >= 11 is 0. The molecule has 1 N–H and O–H groups in total. The van der Waals surface area contributed by atoms with E-state index in [1.165, 1.54) is 0 Å². The second kappa shape index (κ2) is 2.24. The number of aryl methyl sites for hydroxylation is 1. The largest absolute Gasteiger partial charge is 0.508 e. The number of rotatable bonds is 0. The first kappa shape index (κ1) is 7.16. The Morgan fingerprint density at radius 1 is 1.42 bits per heavy atom. The highest BCUT2D eigenvalue weighted by atomic mass is 19.1. The van der Waals surface area contributed by atoms with Gasteiger partial charge in [-0.25, -0.2) is 4.39 Å². The molecule has 0 aliphatic carbocycles. The molecule has 0 atom stereocenters. The van der Waals surface area contributed by atoms with Crippen molar-refractivity contribution in [3.05, 3.63) is 30.2 Å². The molecule has 3 heteroatoms. The average molecular weight is 165 g/mol. The van der Waals surface area contributed by atoms with Crippen molar-refractivity contribution in [1.82, 2.24) is 4.57 Å². The lowest BCUT2D eigenvalue weighted by Gasteiger charge is -1.98. The fourth-order valence-electron chi connectivity index (χ4n) is 1.37. The molecule has 1 heterocycles. The summed E-state index contributed by atoms with van der Waals surface area (Å²) in [7, 11) is 1.77. The van der Waals surface area contributed by atoms with Gasteiger partial charge in [-0.1, -0.05) is 0 Å². The molecule has 1 aromatic heterocycles. The summed E-state index contributed by atoms with van der Waals surface area (Å²) in [4.78, 5) is 0. The first-order valence-corrected chi connectivity index (χ1v) is 3.62. The van der Waals surface area contributed by atoms with Crippen molar-refractivity contribution in [3.8, 4) is 5.75 Å². The Hall–Kier alpha value is -1.51. The summed E-state index contributed by atoms with van der Waals surface area (Å²) in [5.41, 5.74) is 0.521. The van der Waals surface area contributed by atoms with E-state index in [4.69, 9.17) is 5.11 Å². The molecular weight excluding hydrogens is 157 g/mol. The van der Waals surface area contributed by atoms with Crippen LogP contribution in [0.15, 0.2) is 24.4 Å². The Balaban J connectivity index is 2.93. The lowest BCUT2D eigenvalue weighted by atomic mass is 10.2. The van der Waals surface area contributed by atoms with Gasteiger partial charge in [-0.3, -0.25) is 0 Å². The van der Waals surface area contributed by atoms with Crippen LogP contribution in [0, 0.1) is 5.82 Å². The molecule has 0 aliphatic heterocycles. The lowest BCUT2D eigenvalue weighted by molar-refractivity contribution is 0.470. The predicted molar refractivity (Wildman–Crippen MR) is 44.5 cm³/mol. The van der Waals surface area contributed by atoms with Gasteiger partial charge in [-0.15, -0.1) is 0 Å². The molecule has 0 radical (unpaired) electrons. The molecule has 0 amide bonds. The zero-order valence-corrected chi connectivity index (χ0v) is 6.58. The number of phenols is 1.